The molecule has 24 heavy (non-hydrogen) atoms. The monoisotopic (exact) mass is 328 g/mol. The van der Waals surface area contributed by atoms with E-state index < -0.39 is 11.9 Å². The molecule has 1 N–H and O–H groups in total. The van der Waals surface area contributed by atoms with Crippen LogP contribution < -0.4 is 0 Å². The van der Waals surface area contributed by atoms with Crippen molar-refractivity contribution in [2.45, 2.75) is 26.7 Å². The summed E-state index contributed by atoms with van der Waals surface area (Å²) in [5.74, 6) is -2.07. The summed E-state index contributed by atoms with van der Waals surface area (Å²) in [6, 6.07) is 14.1. The van der Waals surface area contributed by atoms with E-state index in [4.69, 9.17) is 4.74 Å². The summed E-state index contributed by atoms with van der Waals surface area (Å²) in [6.07, 6.45) is 0.951. The zero-order valence-electron chi connectivity index (χ0n) is 14.4. The minimum atomic E-state index is -0.826. The molecule has 128 valence electrons. The molecule has 0 spiro atoms. The molecule has 4 nitrogen and oxygen atoms in total. The van der Waals surface area contributed by atoms with Gasteiger partial charge in [-0.15, -0.1) is 0 Å². The van der Waals surface area contributed by atoms with E-state index in [9.17, 15) is 14.7 Å². The third-order valence-electron chi connectivity index (χ3n) is 4.60. The Labute approximate surface area is 142 Å². The van der Waals surface area contributed by atoms with Crippen molar-refractivity contribution < 1.29 is 19.4 Å². The molecule has 0 aliphatic carbocycles. The zero-order valence-corrected chi connectivity index (χ0v) is 14.4. The molecule has 0 saturated heterocycles. The average Bonchev–Trinajstić information content (AvgIpc) is 2.58. The van der Waals surface area contributed by atoms with Crippen molar-refractivity contribution in [2.75, 3.05) is 7.11 Å². The predicted octanol–water partition coefficient (Wildman–Crippen LogP) is 3.92. The lowest BCUT2D eigenvalue weighted by atomic mass is 9.82. The van der Waals surface area contributed by atoms with Crippen LogP contribution in [-0.4, -0.2) is 24.2 Å². The van der Waals surface area contributed by atoms with Gasteiger partial charge >= 0.3 is 11.9 Å². The minimum absolute atomic E-state index is 0.122. The minimum Gasteiger partial charge on any atom is -0.481 e. The van der Waals surface area contributed by atoms with Gasteiger partial charge < -0.3 is 9.84 Å². The van der Waals surface area contributed by atoms with Crippen LogP contribution in [-0.2, 0) is 20.7 Å². The molecule has 4 heteroatoms. The summed E-state index contributed by atoms with van der Waals surface area (Å²) in [4.78, 5) is 23.3. The second kappa shape index (κ2) is 7.95. The first-order valence-electron chi connectivity index (χ1n) is 8.20. The number of esters is 1. The molecule has 0 heterocycles. The molecule has 3 atom stereocenters. The van der Waals surface area contributed by atoms with Crippen LogP contribution in [0.25, 0.3) is 10.8 Å². The molecular weight excluding hydrogens is 304 g/mol. The SMILES string of the molecule is COC(=O)C(C)CC(C)C(Cc1ccc2ccccc2c1)C(=O)O. The number of ether oxygens (including phenoxy) is 1. The lowest BCUT2D eigenvalue weighted by Gasteiger charge is -2.22. The summed E-state index contributed by atoms with van der Waals surface area (Å²) in [5.41, 5.74) is 0.999. The number of carboxylic acids is 1. The number of benzene rings is 2. The Bertz CT molecular complexity index is 722. The van der Waals surface area contributed by atoms with Crippen LogP contribution in [0.4, 0.5) is 0 Å². The quantitative estimate of drug-likeness (QED) is 0.783. The van der Waals surface area contributed by atoms with Crippen LogP contribution in [0.2, 0.25) is 0 Å². The second-order valence-corrected chi connectivity index (χ2v) is 6.47. The number of carbonyl (C=O) groups is 2. The summed E-state index contributed by atoms with van der Waals surface area (Å²) in [5, 5.41) is 11.9. The molecule has 2 rings (SSSR count). The maximum Gasteiger partial charge on any atom is 0.308 e. The first-order chi connectivity index (χ1) is 11.4. The fourth-order valence-electron chi connectivity index (χ4n) is 3.17. The van der Waals surface area contributed by atoms with Crippen molar-refractivity contribution in [1.29, 1.82) is 0 Å². The molecule has 0 aliphatic rings. The highest BCUT2D eigenvalue weighted by atomic mass is 16.5. The van der Waals surface area contributed by atoms with Gasteiger partial charge in [-0.25, -0.2) is 0 Å². The number of hydrogen-bond donors (Lipinski definition) is 1. The third kappa shape index (κ3) is 4.34. The first kappa shape index (κ1) is 18.0. The van der Waals surface area contributed by atoms with Gasteiger partial charge in [0.25, 0.3) is 0 Å². The smallest absolute Gasteiger partial charge is 0.308 e. The number of carbonyl (C=O) groups excluding carboxylic acids is 1. The van der Waals surface area contributed by atoms with Crippen molar-refractivity contribution in [3.8, 4) is 0 Å². The predicted molar refractivity (Wildman–Crippen MR) is 93.7 cm³/mol. The number of hydrogen-bond acceptors (Lipinski definition) is 3. The van der Waals surface area contributed by atoms with Gasteiger partial charge in [-0.3, -0.25) is 9.59 Å². The van der Waals surface area contributed by atoms with E-state index in [0.717, 1.165) is 16.3 Å². The van der Waals surface area contributed by atoms with E-state index in [0.29, 0.717) is 12.8 Å². The van der Waals surface area contributed by atoms with Crippen LogP contribution in [0.5, 0.6) is 0 Å². The van der Waals surface area contributed by atoms with E-state index >= 15 is 0 Å². The average molecular weight is 328 g/mol. The molecule has 0 aromatic heterocycles. The standard InChI is InChI=1S/C20H24O4/c1-13(10-14(2)20(23)24-3)18(19(21)22)12-15-8-9-16-6-4-5-7-17(16)11-15/h4-9,11,13-14,18H,10,12H2,1-3H3,(H,21,22). The molecular formula is C20H24O4. The van der Waals surface area contributed by atoms with Crippen molar-refractivity contribution in [3.63, 3.8) is 0 Å². The van der Waals surface area contributed by atoms with Crippen molar-refractivity contribution in [3.05, 3.63) is 48.0 Å². The van der Waals surface area contributed by atoms with Gasteiger partial charge in [-0.05, 0) is 35.1 Å². The molecule has 3 unspecified atom stereocenters. The van der Waals surface area contributed by atoms with Crippen LogP contribution in [0.3, 0.4) is 0 Å². The van der Waals surface area contributed by atoms with Gasteiger partial charge in [-0.2, -0.15) is 0 Å². The van der Waals surface area contributed by atoms with Gasteiger partial charge in [0.05, 0.1) is 18.9 Å². The van der Waals surface area contributed by atoms with Gasteiger partial charge in [-0.1, -0.05) is 56.3 Å². The van der Waals surface area contributed by atoms with E-state index in [1.54, 1.807) is 6.92 Å². The third-order valence-corrected chi connectivity index (χ3v) is 4.60. The number of rotatable bonds is 7. The second-order valence-electron chi connectivity index (χ2n) is 6.47. The van der Waals surface area contributed by atoms with Crippen LogP contribution in [0.15, 0.2) is 42.5 Å². The summed E-state index contributed by atoms with van der Waals surface area (Å²) < 4.78 is 4.73. The number of aliphatic carboxylic acids is 1. The normalized spacial score (nSPS) is 14.8. The molecule has 2 aromatic carbocycles. The van der Waals surface area contributed by atoms with Crippen LogP contribution in [0.1, 0.15) is 25.8 Å². The lowest BCUT2D eigenvalue weighted by molar-refractivity contribution is -0.148. The molecule has 2 aromatic rings. The number of methoxy groups -OCH3 is 1. The highest BCUT2D eigenvalue weighted by Gasteiger charge is 2.28. The van der Waals surface area contributed by atoms with E-state index in [-0.39, 0.29) is 17.8 Å². The lowest BCUT2D eigenvalue weighted by Crippen LogP contribution is -2.27. The van der Waals surface area contributed by atoms with Gasteiger partial charge in [0, 0.05) is 0 Å². The zero-order chi connectivity index (χ0) is 17.7. The Morgan fingerprint density at radius 2 is 1.75 bits per heavy atom. The summed E-state index contributed by atoms with van der Waals surface area (Å²) in [6.45, 7) is 3.66. The highest BCUT2D eigenvalue weighted by molar-refractivity contribution is 5.83. The summed E-state index contributed by atoms with van der Waals surface area (Å²) >= 11 is 0. The van der Waals surface area contributed by atoms with Crippen molar-refractivity contribution >= 4 is 22.7 Å². The topological polar surface area (TPSA) is 63.6 Å². The Morgan fingerprint density at radius 3 is 2.38 bits per heavy atom. The molecule has 0 saturated carbocycles. The van der Waals surface area contributed by atoms with E-state index in [1.807, 2.05) is 49.4 Å². The maximum absolute atomic E-state index is 11.7. The Kier molecular flexibility index (Phi) is 5.96. The van der Waals surface area contributed by atoms with Gasteiger partial charge in [0.15, 0.2) is 0 Å². The first-order valence-corrected chi connectivity index (χ1v) is 8.20. The molecule has 0 bridgehead atoms. The molecule has 0 aliphatic heterocycles. The van der Waals surface area contributed by atoms with Crippen molar-refractivity contribution in [1.82, 2.24) is 0 Å². The van der Waals surface area contributed by atoms with Crippen LogP contribution in [0, 0.1) is 17.8 Å². The van der Waals surface area contributed by atoms with Crippen LogP contribution >= 0.6 is 0 Å². The fraction of sp³-hybridized carbons (Fsp3) is 0.400. The maximum atomic E-state index is 11.7. The van der Waals surface area contributed by atoms with Crippen molar-refractivity contribution in [2.24, 2.45) is 17.8 Å². The Morgan fingerprint density at radius 1 is 1.08 bits per heavy atom. The van der Waals surface area contributed by atoms with Gasteiger partial charge in [0.1, 0.15) is 0 Å². The van der Waals surface area contributed by atoms with Gasteiger partial charge in [0.2, 0.25) is 0 Å². The Balaban J connectivity index is 2.14. The van der Waals surface area contributed by atoms with E-state index in [1.165, 1.54) is 7.11 Å². The molecule has 0 fully saturated rings. The number of carboxylic acid groups (broad SMARTS) is 1. The molecule has 0 radical (unpaired) electrons. The fourth-order valence-corrected chi connectivity index (χ4v) is 3.17. The highest BCUT2D eigenvalue weighted by Crippen LogP contribution is 2.26. The summed E-state index contributed by atoms with van der Waals surface area (Å²) in [7, 11) is 1.35. The van der Waals surface area contributed by atoms with E-state index in [2.05, 4.69) is 0 Å². The Hall–Kier alpha value is -2.36. The number of fused-ring (bicyclic) bond motifs is 1. The largest absolute Gasteiger partial charge is 0.481 e. The molecule has 0 amide bonds.